The standard InChI is InChI=1S/C5H9FO4/c6-5-4(9)3(8)2(1-7)10-5/h2-5,7-9H,1H2/t2-,3?,4+,5+/m1/s1. The summed E-state index contributed by atoms with van der Waals surface area (Å²) in [7, 11) is 0. The van der Waals surface area contributed by atoms with E-state index in [0.717, 1.165) is 0 Å². The highest BCUT2D eigenvalue weighted by Crippen LogP contribution is 2.21. The van der Waals surface area contributed by atoms with Crippen LogP contribution in [0.15, 0.2) is 0 Å². The van der Waals surface area contributed by atoms with E-state index < -0.39 is 31.3 Å². The summed E-state index contributed by atoms with van der Waals surface area (Å²) in [6.07, 6.45) is -5.73. The Morgan fingerprint density at radius 3 is 2.10 bits per heavy atom. The molecule has 0 aromatic rings. The Hall–Kier alpha value is -0.230. The smallest absolute Gasteiger partial charge is 0.228 e. The molecule has 60 valence electrons. The van der Waals surface area contributed by atoms with Gasteiger partial charge in [0.15, 0.2) is 0 Å². The summed E-state index contributed by atoms with van der Waals surface area (Å²) < 4.78 is 16.6. The van der Waals surface area contributed by atoms with Crippen molar-refractivity contribution in [2.45, 2.75) is 24.7 Å². The van der Waals surface area contributed by atoms with Crippen LogP contribution in [-0.4, -0.2) is 46.6 Å². The lowest BCUT2D eigenvalue weighted by Crippen LogP contribution is -2.32. The molecule has 10 heavy (non-hydrogen) atoms. The maximum absolute atomic E-state index is 12.3. The number of rotatable bonds is 1. The number of hydrogen-bond donors (Lipinski definition) is 3. The first-order chi connectivity index (χ1) is 4.66. The number of aliphatic hydroxyl groups is 3. The van der Waals surface area contributed by atoms with E-state index in [1.54, 1.807) is 0 Å². The van der Waals surface area contributed by atoms with Crippen LogP contribution < -0.4 is 0 Å². The number of aliphatic hydroxyl groups excluding tert-OH is 3. The molecule has 0 aromatic heterocycles. The molecule has 4 nitrogen and oxygen atoms in total. The molecule has 1 rings (SSSR count). The molecule has 1 fully saturated rings. The van der Waals surface area contributed by atoms with Crippen molar-refractivity contribution in [3.8, 4) is 0 Å². The first-order valence-electron chi connectivity index (χ1n) is 2.93. The minimum absolute atomic E-state index is 0.487. The molecule has 1 unspecified atom stereocenters. The summed E-state index contributed by atoms with van der Waals surface area (Å²) in [4.78, 5) is 0. The van der Waals surface area contributed by atoms with Crippen LogP contribution in [-0.2, 0) is 4.74 Å². The first-order valence-corrected chi connectivity index (χ1v) is 2.93. The van der Waals surface area contributed by atoms with E-state index in [-0.39, 0.29) is 0 Å². The Kier molecular flexibility index (Phi) is 2.20. The van der Waals surface area contributed by atoms with E-state index in [1.165, 1.54) is 0 Å². The van der Waals surface area contributed by atoms with Crippen molar-refractivity contribution in [2.75, 3.05) is 6.61 Å². The van der Waals surface area contributed by atoms with E-state index in [1.807, 2.05) is 0 Å². The fourth-order valence-corrected chi connectivity index (χ4v) is 0.854. The molecule has 0 radical (unpaired) electrons. The van der Waals surface area contributed by atoms with Gasteiger partial charge in [-0.05, 0) is 0 Å². The van der Waals surface area contributed by atoms with Crippen LogP contribution in [0.1, 0.15) is 0 Å². The number of halogens is 1. The highest BCUT2D eigenvalue weighted by Gasteiger charge is 2.42. The fourth-order valence-electron chi connectivity index (χ4n) is 0.854. The summed E-state index contributed by atoms with van der Waals surface area (Å²) in [6, 6.07) is 0. The first kappa shape index (κ1) is 7.87. The third kappa shape index (κ3) is 1.13. The van der Waals surface area contributed by atoms with Gasteiger partial charge in [-0.2, -0.15) is 0 Å². The van der Waals surface area contributed by atoms with E-state index in [0.29, 0.717) is 0 Å². The van der Waals surface area contributed by atoms with Gasteiger partial charge in [-0.1, -0.05) is 0 Å². The topological polar surface area (TPSA) is 69.9 Å². The van der Waals surface area contributed by atoms with Crippen LogP contribution in [0.2, 0.25) is 0 Å². The van der Waals surface area contributed by atoms with Crippen molar-refractivity contribution in [1.29, 1.82) is 0 Å². The van der Waals surface area contributed by atoms with E-state index in [9.17, 15) is 4.39 Å². The molecule has 5 heteroatoms. The molecule has 1 aliphatic rings. The van der Waals surface area contributed by atoms with Gasteiger partial charge in [0.25, 0.3) is 0 Å². The van der Waals surface area contributed by atoms with E-state index in [2.05, 4.69) is 4.74 Å². The van der Waals surface area contributed by atoms with Crippen molar-refractivity contribution >= 4 is 0 Å². The second kappa shape index (κ2) is 2.79. The van der Waals surface area contributed by atoms with Crippen LogP contribution >= 0.6 is 0 Å². The summed E-state index contributed by atoms with van der Waals surface area (Å²) >= 11 is 0. The molecule has 0 aromatic carbocycles. The van der Waals surface area contributed by atoms with Crippen molar-refractivity contribution in [1.82, 2.24) is 0 Å². The summed E-state index contributed by atoms with van der Waals surface area (Å²) in [5.74, 6) is 0. The van der Waals surface area contributed by atoms with Gasteiger partial charge in [0.05, 0.1) is 6.61 Å². The van der Waals surface area contributed by atoms with Crippen LogP contribution in [0.5, 0.6) is 0 Å². The van der Waals surface area contributed by atoms with Crippen molar-refractivity contribution < 1.29 is 24.4 Å². The number of hydrogen-bond acceptors (Lipinski definition) is 4. The van der Waals surface area contributed by atoms with Gasteiger partial charge in [-0.3, -0.25) is 0 Å². The number of ether oxygens (including phenoxy) is 1. The van der Waals surface area contributed by atoms with Crippen LogP contribution in [0.25, 0.3) is 0 Å². The lowest BCUT2D eigenvalue weighted by Gasteiger charge is -2.09. The molecule has 1 saturated heterocycles. The van der Waals surface area contributed by atoms with Gasteiger partial charge in [0, 0.05) is 0 Å². The maximum atomic E-state index is 12.3. The zero-order chi connectivity index (χ0) is 7.72. The second-order valence-corrected chi connectivity index (χ2v) is 2.19. The molecule has 0 bridgehead atoms. The van der Waals surface area contributed by atoms with Crippen LogP contribution in [0.4, 0.5) is 4.39 Å². The Morgan fingerprint density at radius 1 is 1.30 bits per heavy atom. The highest BCUT2D eigenvalue weighted by atomic mass is 19.1. The minimum Gasteiger partial charge on any atom is -0.394 e. The largest absolute Gasteiger partial charge is 0.394 e. The molecule has 0 aliphatic carbocycles. The Labute approximate surface area is 56.9 Å². The van der Waals surface area contributed by atoms with Gasteiger partial charge in [0.1, 0.15) is 18.3 Å². The monoisotopic (exact) mass is 152 g/mol. The zero-order valence-electron chi connectivity index (χ0n) is 5.14. The second-order valence-electron chi connectivity index (χ2n) is 2.19. The molecule has 0 saturated carbocycles. The van der Waals surface area contributed by atoms with Crippen LogP contribution in [0, 0.1) is 0 Å². The maximum Gasteiger partial charge on any atom is 0.228 e. The predicted octanol–water partition coefficient (Wildman–Crippen LogP) is -1.61. The van der Waals surface area contributed by atoms with Gasteiger partial charge < -0.3 is 20.1 Å². The van der Waals surface area contributed by atoms with Crippen molar-refractivity contribution in [2.24, 2.45) is 0 Å². The van der Waals surface area contributed by atoms with Gasteiger partial charge >= 0.3 is 0 Å². The van der Waals surface area contributed by atoms with Gasteiger partial charge in [0.2, 0.25) is 6.36 Å². The SMILES string of the molecule is OC[C@H]1O[C@H](F)[C@@H](O)C1O. The quantitative estimate of drug-likeness (QED) is 0.423. The van der Waals surface area contributed by atoms with Crippen LogP contribution in [0.3, 0.4) is 0 Å². The Morgan fingerprint density at radius 2 is 1.90 bits per heavy atom. The average Bonchev–Trinajstić information content (AvgIpc) is 2.17. The Bertz CT molecular complexity index is 120. The molecular formula is C5H9FO4. The van der Waals surface area contributed by atoms with Gasteiger partial charge in [-0.15, -0.1) is 0 Å². The Balaban J connectivity index is 2.53. The zero-order valence-corrected chi connectivity index (χ0v) is 5.14. The third-order valence-corrected chi connectivity index (χ3v) is 1.48. The molecule has 3 N–H and O–H groups in total. The lowest BCUT2D eigenvalue weighted by atomic mass is 10.1. The van der Waals surface area contributed by atoms with Crippen molar-refractivity contribution in [3.05, 3.63) is 0 Å². The highest BCUT2D eigenvalue weighted by molar-refractivity contribution is 4.85. The summed E-state index contributed by atoms with van der Waals surface area (Å²) in [5, 5.41) is 26.0. The summed E-state index contributed by atoms with van der Waals surface area (Å²) in [5.41, 5.74) is 0. The van der Waals surface area contributed by atoms with E-state index in [4.69, 9.17) is 15.3 Å². The average molecular weight is 152 g/mol. The normalized spacial score (nSPS) is 48.0. The third-order valence-electron chi connectivity index (χ3n) is 1.48. The molecule has 0 amide bonds. The number of alkyl halides is 1. The molecule has 0 spiro atoms. The van der Waals surface area contributed by atoms with Crippen molar-refractivity contribution in [3.63, 3.8) is 0 Å². The molecular weight excluding hydrogens is 143 g/mol. The predicted molar refractivity (Wildman–Crippen MR) is 28.9 cm³/mol. The molecule has 1 aliphatic heterocycles. The minimum atomic E-state index is -1.88. The lowest BCUT2D eigenvalue weighted by molar-refractivity contribution is -0.0822. The van der Waals surface area contributed by atoms with E-state index >= 15 is 0 Å². The molecule has 1 heterocycles. The molecule has 4 atom stereocenters. The van der Waals surface area contributed by atoms with Gasteiger partial charge in [-0.25, -0.2) is 4.39 Å². The summed E-state index contributed by atoms with van der Waals surface area (Å²) in [6.45, 7) is -0.487. The fraction of sp³-hybridized carbons (Fsp3) is 1.00.